The third-order valence-electron chi connectivity index (χ3n) is 13.1. The highest BCUT2D eigenvalue weighted by atomic mass is 15.2. The number of rotatable bonds is 5. The van der Waals surface area contributed by atoms with E-state index in [1.54, 1.807) is 0 Å². The van der Waals surface area contributed by atoms with E-state index in [1.807, 2.05) is 6.20 Å². The highest BCUT2D eigenvalue weighted by molar-refractivity contribution is 6.13. The fraction of sp³-hybridized carbons (Fsp3) is 0. The largest absolute Gasteiger partial charge is 0.308 e. The summed E-state index contributed by atoms with van der Waals surface area (Å²) in [6.45, 7) is 0. The quantitative estimate of drug-likeness (QED) is 0.174. The topological polar surface area (TPSA) is 58.4 Å². The smallest absolute Gasteiger partial charge is 0.237 e. The van der Waals surface area contributed by atoms with Crippen molar-refractivity contribution >= 4 is 87.2 Å². The maximum atomic E-state index is 5.75. The van der Waals surface area contributed by atoms with Gasteiger partial charge in [-0.2, -0.15) is 4.98 Å². The second-order valence-electron chi connectivity index (χ2n) is 16.4. The lowest BCUT2D eigenvalue weighted by Gasteiger charge is -2.20. The van der Waals surface area contributed by atoms with Crippen LogP contribution in [0.3, 0.4) is 0 Å². The lowest BCUT2D eigenvalue weighted by Crippen LogP contribution is -2.10. The molecule has 8 aromatic carbocycles. The molecule has 6 aromatic heterocycles. The molecule has 0 unspecified atom stereocenters. The van der Waals surface area contributed by atoms with Gasteiger partial charge in [0, 0.05) is 55.4 Å². The van der Waals surface area contributed by atoms with Crippen molar-refractivity contribution < 1.29 is 0 Å². The molecule has 6 heterocycles. The number of nitrogens with zero attached hydrogens (tertiary/aromatic N) is 7. The van der Waals surface area contributed by atoms with Crippen LogP contribution in [0.4, 0.5) is 0 Å². The van der Waals surface area contributed by atoms with Gasteiger partial charge in [-0.15, -0.1) is 0 Å². The van der Waals surface area contributed by atoms with E-state index in [9.17, 15) is 0 Å². The molecule has 0 radical (unpaired) electrons. The second-order valence-corrected chi connectivity index (χ2v) is 16.4. The summed E-state index contributed by atoms with van der Waals surface area (Å²) in [5.74, 6) is 2.10. The van der Waals surface area contributed by atoms with Crippen LogP contribution in [0, 0.1) is 0 Å². The van der Waals surface area contributed by atoms with Crippen LogP contribution in [0.15, 0.2) is 212 Å². The summed E-state index contributed by atoms with van der Waals surface area (Å²) in [5, 5.41) is 9.29. The Kier molecular flexibility index (Phi) is 7.27. The van der Waals surface area contributed by atoms with E-state index in [-0.39, 0.29) is 0 Å². The molecular weight excluding hydrogens is 783 g/mol. The summed E-state index contributed by atoms with van der Waals surface area (Å²) in [5.41, 5.74) is 11.1. The van der Waals surface area contributed by atoms with Crippen molar-refractivity contribution in [1.29, 1.82) is 0 Å². The molecule has 0 atom stereocenters. The number of para-hydroxylation sites is 8. The first kappa shape index (κ1) is 34.9. The molecule has 0 amide bonds. The number of hydrogen-bond donors (Lipinski definition) is 0. The predicted octanol–water partition coefficient (Wildman–Crippen LogP) is 13.9. The molecule has 0 N–H and O–H groups in total. The zero-order valence-corrected chi connectivity index (χ0v) is 34.3. The van der Waals surface area contributed by atoms with Crippen LogP contribution in [-0.2, 0) is 0 Å². The number of fused-ring (bicyclic) bond motifs is 12. The van der Waals surface area contributed by atoms with E-state index < -0.39 is 0 Å². The van der Waals surface area contributed by atoms with Gasteiger partial charge in [0.05, 0.1) is 61.1 Å². The summed E-state index contributed by atoms with van der Waals surface area (Å²) in [7, 11) is 0. The Balaban J connectivity index is 1.19. The average Bonchev–Trinajstić information content (AvgIpc) is 4.09. The molecule has 0 aliphatic carbocycles. The maximum Gasteiger partial charge on any atom is 0.237 e. The van der Waals surface area contributed by atoms with Crippen LogP contribution in [0.25, 0.3) is 122 Å². The van der Waals surface area contributed by atoms with E-state index in [1.165, 1.54) is 10.8 Å². The van der Waals surface area contributed by atoms with Crippen LogP contribution in [0.2, 0.25) is 0 Å². The van der Waals surface area contributed by atoms with E-state index in [2.05, 4.69) is 225 Å². The van der Waals surface area contributed by atoms with Crippen molar-refractivity contribution in [1.82, 2.24) is 33.2 Å². The normalized spacial score (nSPS) is 12.1. The molecule has 64 heavy (non-hydrogen) atoms. The number of hydrogen-bond acceptors (Lipinski definition) is 3. The molecular formula is C57H35N7. The number of aromatic nitrogens is 7. The van der Waals surface area contributed by atoms with Crippen molar-refractivity contribution in [2.24, 2.45) is 0 Å². The lowest BCUT2D eigenvalue weighted by atomic mass is 10.1. The first-order valence-electron chi connectivity index (χ1n) is 21.6. The van der Waals surface area contributed by atoms with Crippen molar-refractivity contribution in [3.8, 4) is 34.5 Å². The SMILES string of the molecule is c1ccc2c(c1)c1ccccc1n2-c1cc(-c2c(-n3c4ccccc4c4ccccc43)ccnc2-n2c3ccccc3c3ccccc32)nc(-n2c3ccccc3c3ccccc32)n1. The Hall–Kier alpha value is -8.81. The molecule has 14 rings (SSSR count). The lowest BCUT2D eigenvalue weighted by molar-refractivity contribution is 0.948. The van der Waals surface area contributed by atoms with Gasteiger partial charge in [0.2, 0.25) is 5.95 Å². The van der Waals surface area contributed by atoms with E-state index >= 15 is 0 Å². The van der Waals surface area contributed by atoms with Crippen LogP contribution in [-0.4, -0.2) is 33.2 Å². The zero-order valence-electron chi connectivity index (χ0n) is 34.3. The molecule has 298 valence electrons. The fourth-order valence-corrected chi connectivity index (χ4v) is 10.4. The fourth-order valence-electron chi connectivity index (χ4n) is 10.4. The monoisotopic (exact) mass is 817 g/mol. The highest BCUT2D eigenvalue weighted by Crippen LogP contribution is 2.42. The Labute approximate surface area is 366 Å². The first-order valence-corrected chi connectivity index (χ1v) is 21.6. The van der Waals surface area contributed by atoms with Gasteiger partial charge in [-0.3, -0.25) is 13.7 Å². The van der Waals surface area contributed by atoms with Gasteiger partial charge in [0.15, 0.2) is 0 Å². The Morgan fingerprint density at radius 3 is 1.02 bits per heavy atom. The number of pyridine rings is 1. The van der Waals surface area contributed by atoms with Gasteiger partial charge in [-0.25, -0.2) is 9.97 Å². The Morgan fingerprint density at radius 1 is 0.297 bits per heavy atom. The van der Waals surface area contributed by atoms with Crippen LogP contribution >= 0.6 is 0 Å². The van der Waals surface area contributed by atoms with Crippen LogP contribution < -0.4 is 0 Å². The second kappa shape index (κ2) is 13.3. The molecule has 0 bridgehead atoms. The zero-order chi connectivity index (χ0) is 41.9. The first-order chi connectivity index (χ1) is 31.8. The van der Waals surface area contributed by atoms with E-state index in [4.69, 9.17) is 15.0 Å². The molecule has 0 fully saturated rings. The van der Waals surface area contributed by atoms with Crippen molar-refractivity contribution in [2.75, 3.05) is 0 Å². The van der Waals surface area contributed by atoms with Crippen LogP contribution in [0.1, 0.15) is 0 Å². The van der Waals surface area contributed by atoms with E-state index in [0.717, 1.165) is 105 Å². The highest BCUT2D eigenvalue weighted by Gasteiger charge is 2.26. The van der Waals surface area contributed by atoms with Crippen LogP contribution in [0.5, 0.6) is 0 Å². The van der Waals surface area contributed by atoms with Crippen molar-refractivity contribution in [3.05, 3.63) is 212 Å². The van der Waals surface area contributed by atoms with Gasteiger partial charge in [-0.1, -0.05) is 146 Å². The third-order valence-corrected chi connectivity index (χ3v) is 13.1. The molecule has 0 saturated heterocycles. The summed E-state index contributed by atoms with van der Waals surface area (Å²) in [4.78, 5) is 16.7. The standard InChI is InChI=1S/C57H35N7/c1-9-25-45-36(17-1)37-18-2-10-26-46(37)61(45)53-33-34-58-56(63-49-29-13-5-21-40(49)41-22-6-14-30-50(41)63)55(53)44-35-54(62-47-27-11-3-19-38(47)39-20-4-12-28-48(39)62)60-57(59-44)64-51-31-15-7-23-42(51)43-24-8-16-32-52(43)64/h1-35H. The molecule has 0 aliphatic rings. The molecule has 7 nitrogen and oxygen atoms in total. The summed E-state index contributed by atoms with van der Waals surface area (Å²) >= 11 is 0. The summed E-state index contributed by atoms with van der Waals surface area (Å²) < 4.78 is 9.23. The number of benzene rings is 8. The predicted molar refractivity (Wildman–Crippen MR) is 263 cm³/mol. The maximum absolute atomic E-state index is 5.75. The minimum absolute atomic E-state index is 0.567. The molecule has 14 aromatic rings. The minimum Gasteiger partial charge on any atom is -0.308 e. The van der Waals surface area contributed by atoms with Gasteiger partial charge in [0.1, 0.15) is 11.6 Å². The Bertz CT molecular complexity index is 3740. The minimum atomic E-state index is 0.567. The molecule has 0 spiro atoms. The van der Waals surface area contributed by atoms with Gasteiger partial charge >= 0.3 is 0 Å². The average molecular weight is 818 g/mol. The summed E-state index contributed by atoms with van der Waals surface area (Å²) in [6, 6.07) is 73.2. The third kappa shape index (κ3) is 4.83. The van der Waals surface area contributed by atoms with Gasteiger partial charge < -0.3 is 4.57 Å². The Morgan fingerprint density at radius 2 is 0.625 bits per heavy atom. The molecule has 7 heteroatoms. The van der Waals surface area contributed by atoms with Gasteiger partial charge in [0.25, 0.3) is 0 Å². The summed E-state index contributed by atoms with van der Waals surface area (Å²) in [6.07, 6.45) is 1.95. The van der Waals surface area contributed by atoms with Gasteiger partial charge in [-0.05, 0) is 54.6 Å². The van der Waals surface area contributed by atoms with Crippen molar-refractivity contribution in [3.63, 3.8) is 0 Å². The molecule has 0 aliphatic heterocycles. The van der Waals surface area contributed by atoms with E-state index in [0.29, 0.717) is 5.95 Å². The molecule has 0 saturated carbocycles. The van der Waals surface area contributed by atoms with Crippen molar-refractivity contribution in [2.45, 2.75) is 0 Å².